The monoisotopic (exact) mass is 325 g/mol. The molecule has 1 aliphatic heterocycles. The normalized spacial score (nSPS) is 16.6. The van der Waals surface area contributed by atoms with Crippen LogP contribution in [0, 0.1) is 13.8 Å². The van der Waals surface area contributed by atoms with Gasteiger partial charge in [-0.1, -0.05) is 18.2 Å². The summed E-state index contributed by atoms with van der Waals surface area (Å²) in [6, 6.07) is 11.3. The molecule has 2 aromatic carbocycles. The van der Waals surface area contributed by atoms with Crippen molar-refractivity contribution in [3.8, 4) is 11.5 Å². The largest absolute Gasteiger partial charge is 0.490 e. The number of hydrogen-bond acceptors (Lipinski definition) is 3. The first-order chi connectivity index (χ1) is 11.6. The molecule has 0 fully saturated rings. The van der Waals surface area contributed by atoms with Crippen LogP contribution >= 0.6 is 0 Å². The highest BCUT2D eigenvalue weighted by Gasteiger charge is 2.24. The lowest BCUT2D eigenvalue weighted by atomic mass is 9.88. The molecule has 2 aromatic rings. The molecule has 0 radical (unpaired) electrons. The number of fused-ring (bicyclic) bond motifs is 1. The van der Waals surface area contributed by atoms with Crippen molar-refractivity contribution in [2.75, 3.05) is 19.8 Å². The molecular formula is C21H27NO2. The second kappa shape index (κ2) is 7.27. The van der Waals surface area contributed by atoms with Gasteiger partial charge in [-0.3, -0.25) is 0 Å². The van der Waals surface area contributed by atoms with Crippen molar-refractivity contribution in [3.05, 3.63) is 58.1 Å². The lowest BCUT2D eigenvalue weighted by Crippen LogP contribution is -2.30. The second-order valence-corrected chi connectivity index (χ2v) is 6.34. The van der Waals surface area contributed by atoms with Gasteiger partial charge in [-0.15, -0.1) is 0 Å². The third kappa shape index (κ3) is 3.27. The lowest BCUT2D eigenvalue weighted by molar-refractivity contribution is 0.286. The lowest BCUT2D eigenvalue weighted by Gasteiger charge is -2.29. The van der Waals surface area contributed by atoms with E-state index >= 15 is 0 Å². The number of rotatable bonds is 5. The van der Waals surface area contributed by atoms with Crippen LogP contribution in [0.1, 0.15) is 47.7 Å². The summed E-state index contributed by atoms with van der Waals surface area (Å²) >= 11 is 0. The van der Waals surface area contributed by atoms with Crippen LogP contribution in [0.15, 0.2) is 30.3 Å². The molecule has 0 amide bonds. The van der Waals surface area contributed by atoms with Crippen LogP contribution in [0.4, 0.5) is 0 Å². The number of benzene rings is 2. The Balaban J connectivity index is 2.05. The quantitative estimate of drug-likeness (QED) is 0.887. The number of ether oxygens (including phenoxy) is 2. The minimum Gasteiger partial charge on any atom is -0.490 e. The fourth-order valence-corrected chi connectivity index (χ4v) is 3.34. The van der Waals surface area contributed by atoms with Crippen LogP contribution in [-0.2, 0) is 6.42 Å². The SMILES string of the molecule is CCOc1cc2c(cc1OCC)C(c1ccc(C)c(C)c1)NCC2. The van der Waals surface area contributed by atoms with Gasteiger partial charge in [0, 0.05) is 6.54 Å². The van der Waals surface area contributed by atoms with Gasteiger partial charge in [0.15, 0.2) is 11.5 Å². The van der Waals surface area contributed by atoms with E-state index in [4.69, 9.17) is 9.47 Å². The van der Waals surface area contributed by atoms with Gasteiger partial charge >= 0.3 is 0 Å². The van der Waals surface area contributed by atoms with Gasteiger partial charge in [0.2, 0.25) is 0 Å². The Hall–Kier alpha value is -2.00. The summed E-state index contributed by atoms with van der Waals surface area (Å²) in [5.74, 6) is 1.70. The molecule has 1 N–H and O–H groups in total. The molecule has 0 aliphatic carbocycles. The maximum Gasteiger partial charge on any atom is 0.161 e. The fraction of sp³-hybridized carbons (Fsp3) is 0.429. The number of nitrogens with one attached hydrogen (secondary N) is 1. The van der Waals surface area contributed by atoms with Crippen LogP contribution in [-0.4, -0.2) is 19.8 Å². The Labute approximate surface area is 145 Å². The zero-order valence-corrected chi connectivity index (χ0v) is 15.1. The average molecular weight is 325 g/mol. The highest BCUT2D eigenvalue weighted by Crippen LogP contribution is 2.38. The molecule has 1 heterocycles. The summed E-state index contributed by atoms with van der Waals surface area (Å²) in [5, 5.41) is 3.66. The molecule has 1 unspecified atom stereocenters. The summed E-state index contributed by atoms with van der Waals surface area (Å²) in [5.41, 5.74) is 6.62. The Morgan fingerprint density at radius 1 is 0.958 bits per heavy atom. The van der Waals surface area contributed by atoms with E-state index in [9.17, 15) is 0 Å². The predicted molar refractivity (Wildman–Crippen MR) is 98.2 cm³/mol. The highest BCUT2D eigenvalue weighted by atomic mass is 16.5. The Bertz CT molecular complexity index is 724. The van der Waals surface area contributed by atoms with Crippen molar-refractivity contribution < 1.29 is 9.47 Å². The molecule has 128 valence electrons. The third-order valence-electron chi connectivity index (χ3n) is 4.72. The molecular weight excluding hydrogens is 298 g/mol. The van der Waals surface area contributed by atoms with Gasteiger partial charge in [-0.25, -0.2) is 0 Å². The first-order valence-electron chi connectivity index (χ1n) is 8.87. The minimum absolute atomic E-state index is 0.211. The first kappa shape index (κ1) is 16.8. The van der Waals surface area contributed by atoms with Crippen molar-refractivity contribution in [1.82, 2.24) is 5.32 Å². The zero-order valence-electron chi connectivity index (χ0n) is 15.1. The van der Waals surface area contributed by atoms with E-state index in [-0.39, 0.29) is 6.04 Å². The van der Waals surface area contributed by atoms with Gasteiger partial charge < -0.3 is 14.8 Å². The van der Waals surface area contributed by atoms with Gasteiger partial charge in [-0.05, 0) is 74.1 Å². The molecule has 24 heavy (non-hydrogen) atoms. The summed E-state index contributed by atoms with van der Waals surface area (Å²) < 4.78 is 11.6. The van der Waals surface area contributed by atoms with Crippen LogP contribution in [0.2, 0.25) is 0 Å². The van der Waals surface area contributed by atoms with Crippen molar-refractivity contribution in [1.29, 1.82) is 0 Å². The molecule has 1 aliphatic rings. The maximum absolute atomic E-state index is 5.83. The van der Waals surface area contributed by atoms with E-state index in [1.165, 1.54) is 27.8 Å². The highest BCUT2D eigenvalue weighted by molar-refractivity contribution is 5.52. The van der Waals surface area contributed by atoms with Crippen molar-refractivity contribution >= 4 is 0 Å². The molecule has 0 bridgehead atoms. The maximum atomic E-state index is 5.83. The first-order valence-corrected chi connectivity index (χ1v) is 8.87. The smallest absolute Gasteiger partial charge is 0.161 e. The van der Waals surface area contributed by atoms with Gasteiger partial charge in [0.25, 0.3) is 0 Å². The van der Waals surface area contributed by atoms with Gasteiger partial charge in [0.1, 0.15) is 0 Å². The Kier molecular flexibility index (Phi) is 5.10. The summed E-state index contributed by atoms with van der Waals surface area (Å²) in [7, 11) is 0. The summed E-state index contributed by atoms with van der Waals surface area (Å²) in [4.78, 5) is 0. The molecule has 0 spiro atoms. The topological polar surface area (TPSA) is 30.5 Å². The number of hydrogen-bond donors (Lipinski definition) is 1. The van der Waals surface area contributed by atoms with Crippen molar-refractivity contribution in [2.24, 2.45) is 0 Å². The van der Waals surface area contributed by atoms with E-state index < -0.39 is 0 Å². The van der Waals surface area contributed by atoms with Crippen LogP contribution in [0.5, 0.6) is 11.5 Å². The molecule has 1 atom stereocenters. The second-order valence-electron chi connectivity index (χ2n) is 6.34. The summed E-state index contributed by atoms with van der Waals surface area (Å²) in [6.45, 7) is 10.6. The average Bonchev–Trinajstić information content (AvgIpc) is 2.58. The molecule has 0 saturated heterocycles. The van der Waals surface area contributed by atoms with E-state index in [2.05, 4.69) is 49.5 Å². The molecule has 3 rings (SSSR count). The molecule has 3 nitrogen and oxygen atoms in total. The minimum atomic E-state index is 0.211. The number of aryl methyl sites for hydroxylation is 2. The predicted octanol–water partition coefficient (Wildman–Crippen LogP) is 4.34. The molecule has 3 heteroatoms. The van der Waals surface area contributed by atoms with E-state index in [0.717, 1.165) is 24.5 Å². The summed E-state index contributed by atoms with van der Waals surface area (Å²) in [6.07, 6.45) is 1.02. The Morgan fingerprint density at radius 3 is 2.33 bits per heavy atom. The molecule has 0 saturated carbocycles. The Morgan fingerprint density at radius 2 is 1.67 bits per heavy atom. The zero-order chi connectivity index (χ0) is 17.1. The van der Waals surface area contributed by atoms with E-state index in [1.807, 2.05) is 13.8 Å². The van der Waals surface area contributed by atoms with Crippen molar-refractivity contribution in [2.45, 2.75) is 40.2 Å². The molecule has 0 aromatic heterocycles. The third-order valence-corrected chi connectivity index (χ3v) is 4.72. The van der Waals surface area contributed by atoms with Crippen LogP contribution in [0.3, 0.4) is 0 Å². The van der Waals surface area contributed by atoms with Gasteiger partial charge in [-0.2, -0.15) is 0 Å². The standard InChI is InChI=1S/C21H27NO2/c1-5-23-19-12-16-9-10-22-21(18(16)13-20(19)24-6-2)17-8-7-14(3)15(4)11-17/h7-8,11-13,21-22H,5-6,9-10H2,1-4H3. The van der Waals surface area contributed by atoms with Gasteiger partial charge in [0.05, 0.1) is 19.3 Å². The van der Waals surface area contributed by atoms with E-state index in [0.29, 0.717) is 13.2 Å². The van der Waals surface area contributed by atoms with E-state index in [1.54, 1.807) is 0 Å². The van der Waals surface area contributed by atoms with Crippen molar-refractivity contribution in [3.63, 3.8) is 0 Å². The fourth-order valence-electron chi connectivity index (χ4n) is 3.34. The van der Waals surface area contributed by atoms with Crippen LogP contribution < -0.4 is 14.8 Å². The van der Waals surface area contributed by atoms with Crippen LogP contribution in [0.25, 0.3) is 0 Å².